The van der Waals surface area contributed by atoms with Crippen molar-refractivity contribution in [2.24, 2.45) is 0 Å². The van der Waals surface area contributed by atoms with Gasteiger partial charge in [0, 0.05) is 18.2 Å². The van der Waals surface area contributed by atoms with Crippen LogP contribution in [-0.4, -0.2) is 29.8 Å². The van der Waals surface area contributed by atoms with Crippen LogP contribution in [0.3, 0.4) is 0 Å². The Morgan fingerprint density at radius 3 is 2.43 bits per heavy atom. The van der Waals surface area contributed by atoms with Gasteiger partial charge in [-0.25, -0.2) is 4.68 Å². The Morgan fingerprint density at radius 1 is 1.22 bits per heavy atom. The lowest BCUT2D eigenvalue weighted by Gasteiger charge is -2.13. The first-order valence-corrected chi connectivity index (χ1v) is 7.15. The van der Waals surface area contributed by atoms with Crippen molar-refractivity contribution in [1.29, 1.82) is 0 Å². The van der Waals surface area contributed by atoms with Gasteiger partial charge in [-0.15, -0.1) is 0 Å². The molecule has 120 valence electrons. The van der Waals surface area contributed by atoms with E-state index in [1.807, 2.05) is 31.2 Å². The average Bonchev–Trinajstić information content (AvgIpc) is 2.94. The third kappa shape index (κ3) is 3.34. The maximum Gasteiger partial charge on any atom is 0.180 e. The number of methoxy groups -OCH3 is 2. The van der Waals surface area contributed by atoms with Crippen LogP contribution in [0.1, 0.15) is 28.7 Å². The highest BCUT2D eigenvalue weighted by Crippen LogP contribution is 2.31. The Hall–Kier alpha value is -2.82. The fraction of sp³-hybridized carbons (Fsp3) is 0.222. The van der Waals surface area contributed by atoms with Crippen LogP contribution in [0.15, 0.2) is 43.0 Å². The Labute approximate surface area is 135 Å². The van der Waals surface area contributed by atoms with Crippen LogP contribution < -0.4 is 9.47 Å². The molecule has 0 bridgehead atoms. The first kappa shape index (κ1) is 16.5. The number of hydrogen-bond acceptors (Lipinski definition) is 4. The highest BCUT2D eigenvalue weighted by atomic mass is 16.5. The summed E-state index contributed by atoms with van der Waals surface area (Å²) in [5, 5.41) is 4.38. The number of hydrogen-bond donors (Lipinski definition) is 0. The number of carbonyl (C=O) groups excluding carboxylic acids is 1. The number of ether oxygens (including phenoxy) is 2. The number of allylic oxidation sites excluding steroid dienone is 2. The zero-order chi connectivity index (χ0) is 17.0. The number of Topliss-reactive ketones (excluding diaryl/α,β-unsaturated/α-hetero) is 1. The van der Waals surface area contributed by atoms with Crippen molar-refractivity contribution in [3.63, 3.8) is 0 Å². The minimum Gasteiger partial charge on any atom is -0.493 e. The summed E-state index contributed by atoms with van der Waals surface area (Å²) in [6.45, 7) is 7.16. The number of aryl methyl sites for hydroxylation is 1. The second kappa shape index (κ2) is 6.96. The summed E-state index contributed by atoms with van der Waals surface area (Å²) in [5.74, 6) is 1.20. The first-order chi connectivity index (χ1) is 11.0. The minimum atomic E-state index is -0.0721. The molecule has 2 aromatic rings. The highest BCUT2D eigenvalue weighted by Gasteiger charge is 2.14. The van der Waals surface area contributed by atoms with E-state index in [4.69, 9.17) is 9.47 Å². The van der Waals surface area contributed by atoms with Crippen LogP contribution in [-0.2, 0) is 0 Å². The van der Waals surface area contributed by atoms with Crippen molar-refractivity contribution in [3.8, 4) is 11.5 Å². The van der Waals surface area contributed by atoms with Gasteiger partial charge in [-0.2, -0.15) is 5.10 Å². The molecule has 1 heterocycles. The van der Waals surface area contributed by atoms with Crippen LogP contribution in [0.5, 0.6) is 11.5 Å². The summed E-state index contributed by atoms with van der Waals surface area (Å²) in [5.41, 5.74) is 2.96. The summed E-state index contributed by atoms with van der Waals surface area (Å²) >= 11 is 0. The third-order valence-electron chi connectivity index (χ3n) is 3.43. The van der Waals surface area contributed by atoms with Gasteiger partial charge < -0.3 is 9.47 Å². The van der Waals surface area contributed by atoms with Crippen LogP contribution in [0.25, 0.3) is 5.70 Å². The normalized spacial score (nSPS) is 11.2. The zero-order valence-corrected chi connectivity index (χ0v) is 13.8. The summed E-state index contributed by atoms with van der Waals surface area (Å²) in [6, 6.07) is 7.36. The van der Waals surface area contributed by atoms with Crippen LogP contribution >= 0.6 is 0 Å². The maximum atomic E-state index is 11.6. The quantitative estimate of drug-likeness (QED) is 0.605. The average molecular weight is 312 g/mol. The molecule has 0 aliphatic heterocycles. The summed E-state index contributed by atoms with van der Waals surface area (Å²) < 4.78 is 12.3. The molecule has 0 spiro atoms. The van der Waals surface area contributed by atoms with E-state index in [1.54, 1.807) is 31.0 Å². The van der Waals surface area contributed by atoms with E-state index in [1.165, 1.54) is 6.92 Å². The van der Waals surface area contributed by atoms with Gasteiger partial charge in [0.05, 0.1) is 19.9 Å². The van der Waals surface area contributed by atoms with Gasteiger partial charge in [0.25, 0.3) is 0 Å². The van der Waals surface area contributed by atoms with Crippen molar-refractivity contribution in [1.82, 2.24) is 9.78 Å². The van der Waals surface area contributed by atoms with Crippen LogP contribution in [0.4, 0.5) is 0 Å². The molecule has 0 unspecified atom stereocenters. The fourth-order valence-corrected chi connectivity index (χ4v) is 2.29. The van der Waals surface area contributed by atoms with Gasteiger partial charge >= 0.3 is 0 Å². The molecule has 0 aliphatic carbocycles. The number of ketones is 1. The molecule has 5 nitrogen and oxygen atoms in total. The molecule has 0 saturated heterocycles. The molecule has 0 amide bonds. The predicted molar refractivity (Wildman–Crippen MR) is 90.1 cm³/mol. The Morgan fingerprint density at radius 2 is 1.91 bits per heavy atom. The topological polar surface area (TPSA) is 53.4 Å². The van der Waals surface area contributed by atoms with E-state index in [-0.39, 0.29) is 5.78 Å². The van der Waals surface area contributed by atoms with Crippen molar-refractivity contribution >= 4 is 11.5 Å². The lowest BCUT2D eigenvalue weighted by atomic mass is 10.1. The highest BCUT2D eigenvalue weighted by molar-refractivity contribution is 5.92. The van der Waals surface area contributed by atoms with Crippen LogP contribution in [0, 0.1) is 6.92 Å². The molecule has 23 heavy (non-hydrogen) atoms. The van der Waals surface area contributed by atoms with E-state index in [9.17, 15) is 4.79 Å². The second-order valence-electron chi connectivity index (χ2n) is 5.00. The van der Waals surface area contributed by atoms with Crippen molar-refractivity contribution < 1.29 is 14.3 Å². The Bertz CT molecular complexity index is 773. The summed E-state index contributed by atoms with van der Waals surface area (Å²) in [7, 11) is 3.18. The van der Waals surface area contributed by atoms with E-state index in [0.717, 1.165) is 17.0 Å². The van der Waals surface area contributed by atoms with Gasteiger partial charge in [0.1, 0.15) is 5.69 Å². The SMILES string of the molecule is C=C/C=C(/c1ccc(OC)c(OC)c1)n1nc(C(C)=O)cc1C. The zero-order valence-electron chi connectivity index (χ0n) is 13.8. The van der Waals surface area contributed by atoms with Gasteiger partial charge in [0.2, 0.25) is 0 Å². The second-order valence-corrected chi connectivity index (χ2v) is 5.00. The molecule has 0 fully saturated rings. The van der Waals surface area contributed by atoms with Gasteiger partial charge in [0.15, 0.2) is 17.3 Å². The van der Waals surface area contributed by atoms with Gasteiger partial charge in [-0.05, 0) is 37.3 Å². The van der Waals surface area contributed by atoms with Crippen molar-refractivity contribution in [3.05, 3.63) is 59.9 Å². The van der Waals surface area contributed by atoms with E-state index < -0.39 is 0 Å². The van der Waals surface area contributed by atoms with Gasteiger partial charge in [-0.1, -0.05) is 12.7 Å². The number of aromatic nitrogens is 2. The molecule has 0 aliphatic rings. The number of carbonyl (C=O) groups is 1. The summed E-state index contributed by atoms with van der Waals surface area (Å²) in [6.07, 6.45) is 3.52. The predicted octanol–water partition coefficient (Wildman–Crippen LogP) is 3.49. The lowest BCUT2D eigenvalue weighted by Crippen LogP contribution is -2.05. The number of nitrogens with zero attached hydrogens (tertiary/aromatic N) is 2. The molecule has 0 radical (unpaired) electrons. The van der Waals surface area contributed by atoms with Gasteiger partial charge in [-0.3, -0.25) is 4.79 Å². The molecule has 0 N–H and O–H groups in total. The number of benzene rings is 1. The number of rotatable bonds is 6. The van der Waals surface area contributed by atoms with E-state index in [0.29, 0.717) is 17.2 Å². The summed E-state index contributed by atoms with van der Waals surface area (Å²) in [4.78, 5) is 11.6. The molecule has 0 atom stereocenters. The standard InChI is InChI=1S/C18H20N2O3/c1-6-7-16(20-12(2)10-15(19-20)13(3)21)14-8-9-17(22-4)18(11-14)23-5/h6-11H,1H2,2-5H3/b16-7-. The molecular formula is C18H20N2O3. The first-order valence-electron chi connectivity index (χ1n) is 7.15. The molecule has 1 aromatic heterocycles. The molecule has 0 saturated carbocycles. The third-order valence-corrected chi connectivity index (χ3v) is 3.43. The monoisotopic (exact) mass is 312 g/mol. The fourth-order valence-electron chi connectivity index (χ4n) is 2.29. The van der Waals surface area contributed by atoms with E-state index in [2.05, 4.69) is 11.7 Å². The molecular weight excluding hydrogens is 292 g/mol. The maximum absolute atomic E-state index is 11.6. The minimum absolute atomic E-state index is 0.0721. The van der Waals surface area contributed by atoms with Crippen molar-refractivity contribution in [2.75, 3.05) is 14.2 Å². The van der Waals surface area contributed by atoms with Crippen molar-refractivity contribution in [2.45, 2.75) is 13.8 Å². The molecule has 2 rings (SSSR count). The smallest absolute Gasteiger partial charge is 0.180 e. The Balaban J connectivity index is 2.58. The van der Waals surface area contributed by atoms with E-state index >= 15 is 0 Å². The lowest BCUT2D eigenvalue weighted by molar-refractivity contribution is 0.101. The largest absolute Gasteiger partial charge is 0.493 e. The molecule has 1 aromatic carbocycles. The molecule has 5 heteroatoms. The van der Waals surface area contributed by atoms with Crippen LogP contribution in [0.2, 0.25) is 0 Å². The Kier molecular flexibility index (Phi) is 5.01.